The van der Waals surface area contributed by atoms with Crippen molar-refractivity contribution in [1.29, 1.82) is 0 Å². The third-order valence-corrected chi connectivity index (χ3v) is 3.78. The zero-order chi connectivity index (χ0) is 12.0. The Morgan fingerprint density at radius 1 is 1.47 bits per heavy atom. The smallest absolute Gasteiger partial charge is 0.251 e. The van der Waals surface area contributed by atoms with E-state index < -0.39 is 6.43 Å². The number of aryl methyl sites for hydroxylation is 1. The van der Waals surface area contributed by atoms with Gasteiger partial charge in [0.05, 0.1) is 12.2 Å². The second-order valence-corrected chi connectivity index (χ2v) is 5.36. The van der Waals surface area contributed by atoms with E-state index in [1.165, 1.54) is 0 Å². The van der Waals surface area contributed by atoms with Crippen molar-refractivity contribution in [3.05, 3.63) is 29.1 Å². The Kier molecular flexibility index (Phi) is 2.43. The molecule has 3 rings (SSSR count). The lowest BCUT2D eigenvalue weighted by atomic mass is 9.91. The van der Waals surface area contributed by atoms with E-state index in [0.717, 1.165) is 36.2 Å². The molecule has 0 amide bonds. The number of fused-ring (bicyclic) bond motifs is 2. The zero-order valence-electron chi connectivity index (χ0n) is 9.92. The summed E-state index contributed by atoms with van der Waals surface area (Å²) in [6.07, 6.45) is 1.83. The molecule has 2 nitrogen and oxygen atoms in total. The van der Waals surface area contributed by atoms with Crippen LogP contribution >= 0.6 is 0 Å². The summed E-state index contributed by atoms with van der Waals surface area (Å²) in [5.41, 5.74) is 3.51. The second-order valence-electron chi connectivity index (χ2n) is 5.36. The topological polar surface area (TPSA) is 16.1 Å². The molecule has 0 atom stereocenters. The van der Waals surface area contributed by atoms with Gasteiger partial charge in [-0.2, -0.15) is 0 Å². The molecule has 2 aliphatic rings. The van der Waals surface area contributed by atoms with E-state index in [4.69, 9.17) is 0 Å². The Labute approximate surface area is 99.6 Å². The normalized spacial score (nSPS) is 21.9. The summed E-state index contributed by atoms with van der Waals surface area (Å²) in [6, 6.07) is 2.10. The van der Waals surface area contributed by atoms with E-state index in [1.807, 2.05) is 18.0 Å². The molecule has 0 unspecified atom stereocenters. The van der Waals surface area contributed by atoms with Gasteiger partial charge < -0.3 is 0 Å². The summed E-state index contributed by atoms with van der Waals surface area (Å²) in [7, 11) is 0. The SMILES string of the molecule is Cc1cnc2c(c1)CN(CC(F)F)CC21CC1. The van der Waals surface area contributed by atoms with Crippen LogP contribution < -0.4 is 0 Å². The van der Waals surface area contributed by atoms with E-state index >= 15 is 0 Å². The molecule has 17 heavy (non-hydrogen) atoms. The average molecular weight is 238 g/mol. The molecular weight excluding hydrogens is 222 g/mol. The van der Waals surface area contributed by atoms with Crippen molar-refractivity contribution in [3.63, 3.8) is 0 Å². The first-order valence-electron chi connectivity index (χ1n) is 6.06. The minimum Gasteiger partial charge on any atom is -0.292 e. The first kappa shape index (κ1) is 11.1. The summed E-state index contributed by atoms with van der Waals surface area (Å²) in [6.45, 7) is 3.25. The highest BCUT2D eigenvalue weighted by Gasteiger charge is 2.50. The third kappa shape index (κ3) is 1.95. The number of halogens is 2. The molecule has 0 N–H and O–H groups in total. The van der Waals surface area contributed by atoms with Gasteiger partial charge in [0.15, 0.2) is 0 Å². The number of alkyl halides is 2. The largest absolute Gasteiger partial charge is 0.292 e. The lowest BCUT2D eigenvalue weighted by molar-refractivity contribution is 0.0743. The Morgan fingerprint density at radius 2 is 2.24 bits per heavy atom. The first-order valence-corrected chi connectivity index (χ1v) is 6.06. The van der Waals surface area contributed by atoms with Gasteiger partial charge in [-0.15, -0.1) is 0 Å². The second kappa shape index (κ2) is 3.73. The van der Waals surface area contributed by atoms with E-state index in [0.29, 0.717) is 6.54 Å². The fourth-order valence-electron chi connectivity index (χ4n) is 2.90. The summed E-state index contributed by atoms with van der Waals surface area (Å²) >= 11 is 0. The van der Waals surface area contributed by atoms with Gasteiger partial charge in [-0.05, 0) is 30.9 Å². The number of hydrogen-bond acceptors (Lipinski definition) is 2. The van der Waals surface area contributed by atoms with Crippen LogP contribution in [0.25, 0.3) is 0 Å². The van der Waals surface area contributed by atoms with Gasteiger partial charge in [-0.25, -0.2) is 8.78 Å². The van der Waals surface area contributed by atoms with Crippen molar-refractivity contribution >= 4 is 0 Å². The number of pyridine rings is 1. The van der Waals surface area contributed by atoms with E-state index in [-0.39, 0.29) is 12.0 Å². The van der Waals surface area contributed by atoms with E-state index in [2.05, 4.69) is 11.1 Å². The molecule has 0 saturated heterocycles. The minimum absolute atomic E-state index is 0.0934. The zero-order valence-corrected chi connectivity index (χ0v) is 9.92. The Morgan fingerprint density at radius 3 is 2.88 bits per heavy atom. The molecule has 1 saturated carbocycles. The van der Waals surface area contributed by atoms with Crippen LogP contribution in [0.15, 0.2) is 12.3 Å². The van der Waals surface area contributed by atoms with Crippen molar-refractivity contribution in [2.45, 2.75) is 38.2 Å². The molecule has 1 fully saturated rings. The highest BCUT2D eigenvalue weighted by Crippen LogP contribution is 2.51. The lowest BCUT2D eigenvalue weighted by Gasteiger charge is -2.34. The van der Waals surface area contributed by atoms with Crippen LogP contribution in [-0.2, 0) is 12.0 Å². The monoisotopic (exact) mass is 238 g/mol. The minimum atomic E-state index is -2.25. The van der Waals surface area contributed by atoms with Crippen molar-refractivity contribution in [2.75, 3.05) is 13.1 Å². The van der Waals surface area contributed by atoms with Crippen LogP contribution in [0.1, 0.15) is 29.7 Å². The Bertz CT molecular complexity index is 441. The van der Waals surface area contributed by atoms with E-state index in [9.17, 15) is 8.78 Å². The molecule has 0 radical (unpaired) electrons. The van der Waals surface area contributed by atoms with Crippen molar-refractivity contribution < 1.29 is 8.78 Å². The maximum Gasteiger partial charge on any atom is 0.251 e. The predicted molar refractivity (Wildman–Crippen MR) is 61.2 cm³/mol. The Balaban J connectivity index is 1.92. The van der Waals surface area contributed by atoms with Gasteiger partial charge >= 0.3 is 0 Å². The molecule has 92 valence electrons. The molecule has 1 aliphatic carbocycles. The molecular formula is C13H16F2N2. The molecule has 1 aliphatic heterocycles. The van der Waals surface area contributed by atoms with Crippen LogP contribution in [0.5, 0.6) is 0 Å². The average Bonchev–Trinajstić information content (AvgIpc) is 2.96. The molecule has 1 aromatic rings. The number of rotatable bonds is 2. The summed E-state index contributed by atoms with van der Waals surface area (Å²) in [5.74, 6) is 0. The quantitative estimate of drug-likeness (QED) is 0.787. The Hall–Kier alpha value is -1.03. The molecule has 1 aromatic heterocycles. The standard InChI is InChI=1S/C13H16F2N2/c1-9-4-10-6-17(7-11(14)15)8-13(2-3-13)12(10)16-5-9/h4-5,11H,2-3,6-8H2,1H3. The van der Waals surface area contributed by atoms with Gasteiger partial charge in [0, 0.05) is 24.7 Å². The summed E-state index contributed by atoms with van der Waals surface area (Å²) < 4.78 is 25.0. The molecule has 2 heterocycles. The number of nitrogens with zero attached hydrogens (tertiary/aromatic N) is 2. The fraction of sp³-hybridized carbons (Fsp3) is 0.615. The van der Waals surface area contributed by atoms with Crippen LogP contribution in [0.2, 0.25) is 0 Å². The fourth-order valence-corrected chi connectivity index (χ4v) is 2.90. The van der Waals surface area contributed by atoms with Gasteiger partial charge in [-0.3, -0.25) is 9.88 Å². The van der Waals surface area contributed by atoms with Gasteiger partial charge in [0.2, 0.25) is 0 Å². The molecule has 0 bridgehead atoms. The molecule has 1 spiro atoms. The van der Waals surface area contributed by atoms with Gasteiger partial charge in [0.25, 0.3) is 6.43 Å². The lowest BCUT2D eigenvalue weighted by Crippen LogP contribution is -2.40. The number of hydrogen-bond donors (Lipinski definition) is 0. The van der Waals surface area contributed by atoms with Crippen LogP contribution in [0, 0.1) is 6.92 Å². The highest BCUT2D eigenvalue weighted by atomic mass is 19.3. The van der Waals surface area contributed by atoms with Gasteiger partial charge in [-0.1, -0.05) is 6.07 Å². The maximum atomic E-state index is 12.5. The van der Waals surface area contributed by atoms with E-state index in [1.54, 1.807) is 0 Å². The van der Waals surface area contributed by atoms with Gasteiger partial charge in [0.1, 0.15) is 0 Å². The summed E-state index contributed by atoms with van der Waals surface area (Å²) in [5, 5.41) is 0. The van der Waals surface area contributed by atoms with Crippen molar-refractivity contribution in [1.82, 2.24) is 9.88 Å². The molecule has 4 heteroatoms. The highest BCUT2D eigenvalue weighted by molar-refractivity contribution is 5.37. The van der Waals surface area contributed by atoms with Crippen molar-refractivity contribution in [3.8, 4) is 0 Å². The van der Waals surface area contributed by atoms with Crippen LogP contribution in [-0.4, -0.2) is 29.4 Å². The van der Waals surface area contributed by atoms with Crippen LogP contribution in [0.4, 0.5) is 8.78 Å². The molecule has 0 aromatic carbocycles. The van der Waals surface area contributed by atoms with Crippen LogP contribution in [0.3, 0.4) is 0 Å². The number of aromatic nitrogens is 1. The summed E-state index contributed by atoms with van der Waals surface area (Å²) in [4.78, 5) is 6.41. The third-order valence-electron chi connectivity index (χ3n) is 3.78. The first-order chi connectivity index (χ1) is 8.09. The van der Waals surface area contributed by atoms with Crippen molar-refractivity contribution in [2.24, 2.45) is 0 Å². The maximum absolute atomic E-state index is 12.5. The predicted octanol–water partition coefficient (Wildman–Crippen LogP) is 2.50.